The number of methoxy groups -OCH3 is 1. The van der Waals surface area contributed by atoms with Crippen molar-refractivity contribution in [1.82, 2.24) is 4.90 Å². The van der Waals surface area contributed by atoms with Crippen LogP contribution in [-0.4, -0.2) is 43.6 Å². The number of rotatable bonds is 7. The Hall–Kier alpha value is -1.82. The lowest BCUT2D eigenvalue weighted by Gasteiger charge is -2.26. The predicted octanol–water partition coefficient (Wildman–Crippen LogP) is 2.60. The van der Waals surface area contributed by atoms with E-state index in [1.54, 1.807) is 19.2 Å². The second kappa shape index (κ2) is 7.09. The van der Waals surface area contributed by atoms with E-state index in [0.29, 0.717) is 17.4 Å². The van der Waals surface area contributed by atoms with Gasteiger partial charge in [0.1, 0.15) is 11.4 Å². The summed E-state index contributed by atoms with van der Waals surface area (Å²) in [7, 11) is 5.51. The number of nitrogens with zero attached hydrogens (tertiary/aromatic N) is 2. The molecular formula is C14H23N3O3. The molecule has 0 fully saturated rings. The fourth-order valence-corrected chi connectivity index (χ4v) is 1.93. The van der Waals surface area contributed by atoms with E-state index >= 15 is 0 Å². The number of nitrogens with one attached hydrogen (secondary N) is 1. The third kappa shape index (κ3) is 4.38. The van der Waals surface area contributed by atoms with Crippen LogP contribution in [0, 0.1) is 16.0 Å². The summed E-state index contributed by atoms with van der Waals surface area (Å²) in [6.45, 7) is 4.98. The molecule has 1 rings (SSSR count). The minimum atomic E-state index is -0.380. The average molecular weight is 281 g/mol. The topological polar surface area (TPSA) is 67.6 Å². The van der Waals surface area contributed by atoms with Crippen molar-refractivity contribution in [2.24, 2.45) is 5.92 Å². The Balaban J connectivity index is 3.05. The highest BCUT2D eigenvalue weighted by Gasteiger charge is 2.20. The number of nitro groups is 1. The minimum absolute atomic E-state index is 0.0650. The lowest BCUT2D eigenvalue weighted by molar-refractivity contribution is -0.384. The zero-order valence-electron chi connectivity index (χ0n) is 12.7. The number of hydrogen-bond acceptors (Lipinski definition) is 5. The number of hydrogen-bond donors (Lipinski definition) is 1. The quantitative estimate of drug-likeness (QED) is 0.614. The summed E-state index contributed by atoms with van der Waals surface area (Å²) < 4.78 is 5.14. The number of ether oxygens (including phenoxy) is 1. The monoisotopic (exact) mass is 281 g/mol. The SMILES string of the molecule is COc1ccc([N+](=O)[O-])c(NC(CN(C)C)C(C)C)c1. The number of benzene rings is 1. The Morgan fingerprint density at radius 3 is 2.50 bits per heavy atom. The summed E-state index contributed by atoms with van der Waals surface area (Å²) in [4.78, 5) is 12.8. The van der Waals surface area contributed by atoms with E-state index in [1.165, 1.54) is 6.07 Å². The molecule has 0 aromatic heterocycles. The second-order valence-electron chi connectivity index (χ2n) is 5.40. The summed E-state index contributed by atoms with van der Waals surface area (Å²) in [6.07, 6.45) is 0. The molecule has 1 aromatic rings. The highest BCUT2D eigenvalue weighted by molar-refractivity contribution is 5.64. The molecule has 0 bridgehead atoms. The molecule has 6 heteroatoms. The highest BCUT2D eigenvalue weighted by Crippen LogP contribution is 2.30. The van der Waals surface area contributed by atoms with Gasteiger partial charge in [0.2, 0.25) is 0 Å². The van der Waals surface area contributed by atoms with E-state index in [2.05, 4.69) is 24.1 Å². The summed E-state index contributed by atoms with van der Waals surface area (Å²) in [5.74, 6) is 0.952. The van der Waals surface area contributed by atoms with Gasteiger partial charge in [-0.3, -0.25) is 10.1 Å². The van der Waals surface area contributed by atoms with Crippen LogP contribution in [0.1, 0.15) is 13.8 Å². The van der Waals surface area contributed by atoms with Crippen LogP contribution in [0.4, 0.5) is 11.4 Å². The molecule has 0 aliphatic rings. The van der Waals surface area contributed by atoms with Crippen LogP contribution < -0.4 is 10.1 Å². The fourth-order valence-electron chi connectivity index (χ4n) is 1.93. The van der Waals surface area contributed by atoms with Crippen LogP contribution in [0.25, 0.3) is 0 Å². The first-order valence-electron chi connectivity index (χ1n) is 6.58. The largest absolute Gasteiger partial charge is 0.497 e. The lowest BCUT2D eigenvalue weighted by Crippen LogP contribution is -2.36. The van der Waals surface area contributed by atoms with Gasteiger partial charge in [-0.2, -0.15) is 0 Å². The van der Waals surface area contributed by atoms with Gasteiger partial charge in [-0.15, -0.1) is 0 Å². The zero-order chi connectivity index (χ0) is 15.3. The Bertz CT molecular complexity index is 461. The van der Waals surface area contributed by atoms with E-state index in [4.69, 9.17) is 4.74 Å². The number of likely N-dealkylation sites (N-methyl/N-ethyl adjacent to an activating group) is 1. The first kappa shape index (κ1) is 16.2. The first-order chi connectivity index (χ1) is 9.35. The van der Waals surface area contributed by atoms with Crippen molar-refractivity contribution in [3.8, 4) is 5.75 Å². The molecule has 20 heavy (non-hydrogen) atoms. The molecule has 0 aliphatic carbocycles. The van der Waals surface area contributed by atoms with Crippen molar-refractivity contribution < 1.29 is 9.66 Å². The van der Waals surface area contributed by atoms with Gasteiger partial charge >= 0.3 is 0 Å². The van der Waals surface area contributed by atoms with Crippen LogP contribution in [0.15, 0.2) is 18.2 Å². The Morgan fingerprint density at radius 2 is 2.05 bits per heavy atom. The van der Waals surface area contributed by atoms with Gasteiger partial charge in [-0.1, -0.05) is 13.8 Å². The molecule has 0 saturated carbocycles. The molecule has 1 atom stereocenters. The Kier molecular flexibility index (Phi) is 5.76. The molecular weight excluding hydrogens is 258 g/mol. The fraction of sp³-hybridized carbons (Fsp3) is 0.571. The maximum Gasteiger partial charge on any atom is 0.292 e. The van der Waals surface area contributed by atoms with Gasteiger partial charge < -0.3 is 15.0 Å². The summed E-state index contributed by atoms with van der Waals surface area (Å²) in [5, 5.41) is 14.4. The molecule has 6 nitrogen and oxygen atoms in total. The van der Waals surface area contributed by atoms with Crippen molar-refractivity contribution in [3.63, 3.8) is 0 Å². The van der Waals surface area contributed by atoms with E-state index in [9.17, 15) is 10.1 Å². The van der Waals surface area contributed by atoms with Gasteiger partial charge in [-0.05, 0) is 26.1 Å². The molecule has 112 valence electrons. The molecule has 1 aromatic carbocycles. The van der Waals surface area contributed by atoms with Crippen LogP contribution in [0.3, 0.4) is 0 Å². The normalized spacial score (nSPS) is 12.6. The van der Waals surface area contributed by atoms with Crippen molar-refractivity contribution in [2.75, 3.05) is 33.1 Å². The first-order valence-corrected chi connectivity index (χ1v) is 6.58. The predicted molar refractivity (Wildman–Crippen MR) is 80.5 cm³/mol. The van der Waals surface area contributed by atoms with Gasteiger partial charge in [0.15, 0.2) is 0 Å². The van der Waals surface area contributed by atoms with Crippen molar-refractivity contribution in [1.29, 1.82) is 0 Å². The third-order valence-corrected chi connectivity index (χ3v) is 3.11. The standard InChI is InChI=1S/C14H23N3O3/c1-10(2)13(9-16(3)4)15-12-8-11(20-5)6-7-14(12)17(18)19/h6-8,10,13,15H,9H2,1-5H3. The Morgan fingerprint density at radius 1 is 1.40 bits per heavy atom. The van der Waals surface area contributed by atoms with Crippen LogP contribution in [-0.2, 0) is 0 Å². The van der Waals surface area contributed by atoms with E-state index in [1.807, 2.05) is 14.1 Å². The van der Waals surface area contributed by atoms with Crippen molar-refractivity contribution in [3.05, 3.63) is 28.3 Å². The lowest BCUT2D eigenvalue weighted by atomic mass is 10.0. The number of nitro benzene ring substituents is 1. The van der Waals surface area contributed by atoms with Crippen molar-refractivity contribution in [2.45, 2.75) is 19.9 Å². The van der Waals surface area contributed by atoms with Crippen LogP contribution in [0.5, 0.6) is 5.75 Å². The van der Waals surface area contributed by atoms with Gasteiger partial charge in [0.25, 0.3) is 5.69 Å². The van der Waals surface area contributed by atoms with E-state index in [0.717, 1.165) is 6.54 Å². The van der Waals surface area contributed by atoms with Gasteiger partial charge in [-0.25, -0.2) is 0 Å². The smallest absolute Gasteiger partial charge is 0.292 e. The molecule has 0 amide bonds. The van der Waals surface area contributed by atoms with Gasteiger partial charge in [0, 0.05) is 24.7 Å². The molecule has 0 spiro atoms. The summed E-state index contributed by atoms with van der Waals surface area (Å²) >= 11 is 0. The molecule has 0 saturated heterocycles. The maximum absolute atomic E-state index is 11.1. The molecule has 1 unspecified atom stereocenters. The zero-order valence-corrected chi connectivity index (χ0v) is 12.7. The molecule has 0 radical (unpaired) electrons. The summed E-state index contributed by atoms with van der Waals surface area (Å²) in [5.41, 5.74) is 0.560. The van der Waals surface area contributed by atoms with Crippen LogP contribution >= 0.6 is 0 Å². The second-order valence-corrected chi connectivity index (χ2v) is 5.40. The Labute approximate surface area is 119 Å². The summed E-state index contributed by atoms with van der Waals surface area (Å²) in [6, 6.07) is 4.85. The molecule has 1 N–H and O–H groups in total. The van der Waals surface area contributed by atoms with Crippen LogP contribution in [0.2, 0.25) is 0 Å². The molecule has 0 aliphatic heterocycles. The number of anilines is 1. The van der Waals surface area contributed by atoms with Gasteiger partial charge in [0.05, 0.1) is 12.0 Å². The average Bonchev–Trinajstić information content (AvgIpc) is 2.36. The highest BCUT2D eigenvalue weighted by atomic mass is 16.6. The van der Waals surface area contributed by atoms with E-state index in [-0.39, 0.29) is 16.7 Å². The molecule has 0 heterocycles. The van der Waals surface area contributed by atoms with E-state index < -0.39 is 0 Å². The van der Waals surface area contributed by atoms with Crippen molar-refractivity contribution >= 4 is 11.4 Å². The minimum Gasteiger partial charge on any atom is -0.497 e. The maximum atomic E-state index is 11.1. The third-order valence-electron chi connectivity index (χ3n) is 3.11.